The lowest BCUT2D eigenvalue weighted by Gasteiger charge is -2.02. The molecule has 2 aromatic heterocycles. The second-order valence-corrected chi connectivity index (χ2v) is 5.96. The largest absolute Gasteiger partial charge is 0.293 e. The van der Waals surface area contributed by atoms with Gasteiger partial charge in [0.25, 0.3) is 0 Å². The Bertz CT molecular complexity index is 582. The van der Waals surface area contributed by atoms with Crippen molar-refractivity contribution >= 4 is 26.3 Å². The van der Waals surface area contributed by atoms with Crippen molar-refractivity contribution < 1.29 is 8.42 Å². The van der Waals surface area contributed by atoms with Gasteiger partial charge in [-0.15, -0.1) is 11.3 Å². The summed E-state index contributed by atoms with van der Waals surface area (Å²) < 4.78 is 27.0. The summed E-state index contributed by atoms with van der Waals surface area (Å²) in [5.74, 6) is -0.0345. The minimum Gasteiger partial charge on any atom is -0.293 e. The molecule has 15 heavy (non-hydrogen) atoms. The second-order valence-electron chi connectivity index (χ2n) is 3.16. The topological polar surface area (TPSA) is 63.5 Å². The highest BCUT2D eigenvalue weighted by Crippen LogP contribution is 2.18. The van der Waals surface area contributed by atoms with Crippen molar-refractivity contribution in [3.05, 3.63) is 23.0 Å². The third-order valence-corrected chi connectivity index (χ3v) is 4.23. The highest BCUT2D eigenvalue weighted by atomic mass is 32.2. The number of hydrogen-bond acceptors (Lipinski definition) is 4. The summed E-state index contributed by atoms with van der Waals surface area (Å²) in [7, 11) is -1.83. The van der Waals surface area contributed by atoms with Gasteiger partial charge >= 0.3 is 0 Å². The number of thiazole rings is 1. The number of fused-ring (bicyclic) bond motifs is 1. The Morgan fingerprint density at radius 3 is 3.00 bits per heavy atom. The van der Waals surface area contributed by atoms with Gasteiger partial charge in [0.2, 0.25) is 10.0 Å². The van der Waals surface area contributed by atoms with Crippen LogP contribution in [0.3, 0.4) is 0 Å². The van der Waals surface area contributed by atoms with Crippen LogP contribution in [0.4, 0.5) is 0 Å². The van der Waals surface area contributed by atoms with Crippen LogP contribution in [0.2, 0.25) is 0 Å². The van der Waals surface area contributed by atoms with E-state index in [0.717, 1.165) is 16.3 Å². The van der Waals surface area contributed by atoms with Crippen molar-refractivity contribution in [1.29, 1.82) is 0 Å². The molecule has 0 unspecified atom stereocenters. The quantitative estimate of drug-likeness (QED) is 0.868. The van der Waals surface area contributed by atoms with Crippen molar-refractivity contribution in [2.24, 2.45) is 0 Å². The number of rotatable bonds is 3. The number of sulfonamides is 1. The van der Waals surface area contributed by atoms with E-state index in [9.17, 15) is 8.42 Å². The predicted octanol–water partition coefficient (Wildman–Crippen LogP) is 0.753. The fraction of sp³-hybridized carbons (Fsp3) is 0.375. The predicted molar refractivity (Wildman–Crippen MR) is 59.5 cm³/mol. The highest BCUT2D eigenvalue weighted by molar-refractivity contribution is 7.88. The number of imidazole rings is 1. The van der Waals surface area contributed by atoms with Crippen LogP contribution < -0.4 is 4.72 Å². The van der Waals surface area contributed by atoms with E-state index < -0.39 is 10.0 Å². The van der Waals surface area contributed by atoms with Gasteiger partial charge in [-0.05, 0) is 14.0 Å². The van der Waals surface area contributed by atoms with Gasteiger partial charge in [-0.3, -0.25) is 4.40 Å². The normalized spacial score (nSPS) is 12.4. The molecule has 0 saturated carbocycles. The lowest BCUT2D eigenvalue weighted by Crippen LogP contribution is -2.21. The minimum absolute atomic E-state index is 0.0345. The Kier molecular flexibility index (Phi) is 2.53. The van der Waals surface area contributed by atoms with Crippen molar-refractivity contribution in [3.63, 3.8) is 0 Å². The summed E-state index contributed by atoms with van der Waals surface area (Å²) in [6.45, 7) is 1.82. The molecule has 2 heterocycles. The van der Waals surface area contributed by atoms with Gasteiger partial charge in [-0.25, -0.2) is 18.1 Å². The van der Waals surface area contributed by atoms with Crippen LogP contribution >= 0.6 is 11.3 Å². The van der Waals surface area contributed by atoms with Gasteiger partial charge in [0.1, 0.15) is 5.75 Å². The average Bonchev–Trinajstić information content (AvgIpc) is 2.71. The lowest BCUT2D eigenvalue weighted by atomic mass is 10.4. The van der Waals surface area contributed by atoms with Crippen LogP contribution in [0.5, 0.6) is 0 Å². The molecule has 7 heteroatoms. The minimum atomic E-state index is -3.24. The summed E-state index contributed by atoms with van der Waals surface area (Å²) in [5, 5.41) is 1.89. The fourth-order valence-corrected chi connectivity index (χ4v) is 3.00. The highest BCUT2D eigenvalue weighted by Gasteiger charge is 2.16. The van der Waals surface area contributed by atoms with Crippen LogP contribution in [0.1, 0.15) is 11.4 Å². The Hall–Kier alpha value is -0.920. The number of hydrogen-bond donors (Lipinski definition) is 1. The molecular weight excluding hydrogens is 234 g/mol. The van der Waals surface area contributed by atoms with Crippen LogP contribution in [-0.2, 0) is 15.8 Å². The third-order valence-electron chi connectivity index (χ3n) is 2.20. The first-order valence-electron chi connectivity index (χ1n) is 4.36. The molecule has 0 fully saturated rings. The SMILES string of the molecule is CNS(=O)(=O)Cc1c(C)nc2sccn12. The fourth-order valence-electron chi connectivity index (χ4n) is 1.37. The molecular formula is C8H11N3O2S2. The molecule has 0 aliphatic carbocycles. The number of nitrogens with one attached hydrogen (secondary N) is 1. The Morgan fingerprint density at radius 1 is 1.60 bits per heavy atom. The van der Waals surface area contributed by atoms with Gasteiger partial charge in [0, 0.05) is 11.6 Å². The maximum absolute atomic E-state index is 11.4. The van der Waals surface area contributed by atoms with Crippen molar-refractivity contribution in [1.82, 2.24) is 14.1 Å². The van der Waals surface area contributed by atoms with Crippen molar-refractivity contribution in [2.45, 2.75) is 12.7 Å². The van der Waals surface area contributed by atoms with Crippen molar-refractivity contribution in [3.8, 4) is 0 Å². The van der Waals surface area contributed by atoms with E-state index >= 15 is 0 Å². The molecule has 2 aromatic rings. The number of nitrogens with zero attached hydrogens (tertiary/aromatic N) is 2. The molecule has 0 aromatic carbocycles. The molecule has 0 saturated heterocycles. The van der Waals surface area contributed by atoms with E-state index in [0.29, 0.717) is 0 Å². The zero-order chi connectivity index (χ0) is 11.1. The standard InChI is InChI=1S/C8H11N3O2S2/c1-6-7(5-15(12,13)9-2)11-3-4-14-8(11)10-6/h3-4,9H,5H2,1-2H3. The molecule has 0 bridgehead atoms. The average molecular weight is 245 g/mol. The van der Waals surface area contributed by atoms with Crippen LogP contribution in [0.25, 0.3) is 4.96 Å². The van der Waals surface area contributed by atoms with Gasteiger partial charge in [0.15, 0.2) is 4.96 Å². The van der Waals surface area contributed by atoms with Crippen molar-refractivity contribution in [2.75, 3.05) is 7.05 Å². The van der Waals surface area contributed by atoms with E-state index in [1.165, 1.54) is 18.4 Å². The van der Waals surface area contributed by atoms with Gasteiger partial charge in [-0.1, -0.05) is 0 Å². The molecule has 0 spiro atoms. The summed E-state index contributed by atoms with van der Waals surface area (Å²) in [6, 6.07) is 0. The molecule has 2 rings (SSSR count). The van der Waals surface area contributed by atoms with E-state index in [2.05, 4.69) is 9.71 Å². The summed E-state index contributed by atoms with van der Waals surface area (Å²) >= 11 is 1.49. The van der Waals surface area contributed by atoms with Crippen LogP contribution in [-0.4, -0.2) is 24.9 Å². The molecule has 82 valence electrons. The summed E-state index contributed by atoms with van der Waals surface area (Å²) in [5.41, 5.74) is 1.49. The maximum Gasteiger partial charge on any atom is 0.217 e. The molecule has 5 nitrogen and oxygen atoms in total. The van der Waals surface area contributed by atoms with Gasteiger partial charge < -0.3 is 0 Å². The Labute approximate surface area is 91.8 Å². The van der Waals surface area contributed by atoms with Gasteiger partial charge in [0.05, 0.1) is 11.4 Å². The van der Waals surface area contributed by atoms with Crippen LogP contribution in [0.15, 0.2) is 11.6 Å². The molecule has 1 N–H and O–H groups in total. The van der Waals surface area contributed by atoms with E-state index in [4.69, 9.17) is 0 Å². The Balaban J connectivity index is 2.51. The first kappa shape index (κ1) is 10.6. The molecule has 0 radical (unpaired) electrons. The second kappa shape index (κ2) is 3.58. The third kappa shape index (κ3) is 1.90. The van der Waals surface area contributed by atoms with Crippen LogP contribution in [0, 0.1) is 6.92 Å². The zero-order valence-electron chi connectivity index (χ0n) is 8.39. The molecule has 0 atom stereocenters. The lowest BCUT2D eigenvalue weighted by molar-refractivity contribution is 0.586. The van der Waals surface area contributed by atoms with Gasteiger partial charge in [-0.2, -0.15) is 0 Å². The summed E-state index contributed by atoms with van der Waals surface area (Å²) in [6.07, 6.45) is 1.83. The first-order valence-corrected chi connectivity index (χ1v) is 6.89. The number of aromatic nitrogens is 2. The number of aryl methyl sites for hydroxylation is 1. The monoisotopic (exact) mass is 245 g/mol. The summed E-state index contributed by atoms with van der Waals surface area (Å²) in [4.78, 5) is 5.11. The van der Waals surface area contributed by atoms with E-state index in [1.807, 2.05) is 22.9 Å². The maximum atomic E-state index is 11.4. The zero-order valence-corrected chi connectivity index (χ0v) is 10.0. The molecule has 0 amide bonds. The Morgan fingerprint density at radius 2 is 2.33 bits per heavy atom. The molecule has 0 aliphatic rings. The van der Waals surface area contributed by atoms with E-state index in [1.54, 1.807) is 0 Å². The first-order chi connectivity index (χ1) is 7.03. The molecule has 0 aliphatic heterocycles. The smallest absolute Gasteiger partial charge is 0.217 e. The van der Waals surface area contributed by atoms with E-state index in [-0.39, 0.29) is 5.75 Å².